The Kier molecular flexibility index (Phi) is 8.18. The molecule has 0 amide bonds. The van der Waals surface area contributed by atoms with E-state index >= 15 is 4.57 Å². The summed E-state index contributed by atoms with van der Waals surface area (Å²) in [6.07, 6.45) is -9.73. The summed E-state index contributed by atoms with van der Waals surface area (Å²) in [5, 5.41) is -0.730. The van der Waals surface area contributed by atoms with Gasteiger partial charge in [-0.3, -0.25) is 9.24 Å². The van der Waals surface area contributed by atoms with E-state index in [4.69, 9.17) is 9.47 Å². The highest BCUT2D eigenvalue weighted by molar-refractivity contribution is 7.81. The summed E-state index contributed by atoms with van der Waals surface area (Å²) in [5.74, 6) is 0.942. The number of anilines is 1. The number of ether oxygens (including phenoxy) is 2. The van der Waals surface area contributed by atoms with Gasteiger partial charge >= 0.3 is 12.4 Å². The van der Waals surface area contributed by atoms with Crippen molar-refractivity contribution in [1.29, 1.82) is 0 Å². The molecule has 1 heterocycles. The standard InChI is InChI=1S/C36H26F6NO3P/c1-45-27-17-12-23(13-18-27)33-29-22-25(35(37,38)39)16-21-31(29)47(44,32-11-7-6-10-30(32)36(40,41)42)43(26-8-4-3-5-9-26)34(33)24-14-19-28(46-2)20-15-24/h3-22H,1-2H3. The maximum absolute atomic E-state index is 16.1. The van der Waals surface area contributed by atoms with Crippen LogP contribution in [0.1, 0.15) is 27.8 Å². The predicted octanol–water partition coefficient (Wildman–Crippen LogP) is 9.41. The van der Waals surface area contributed by atoms with E-state index < -0.39 is 36.1 Å². The van der Waals surface area contributed by atoms with Crippen molar-refractivity contribution in [2.45, 2.75) is 12.4 Å². The molecule has 0 radical (unpaired) electrons. The van der Waals surface area contributed by atoms with Gasteiger partial charge in [-0.25, -0.2) is 0 Å². The second kappa shape index (κ2) is 12.0. The smallest absolute Gasteiger partial charge is 0.417 e. The summed E-state index contributed by atoms with van der Waals surface area (Å²) in [4.78, 5) is 0. The van der Waals surface area contributed by atoms with E-state index in [0.717, 1.165) is 30.3 Å². The van der Waals surface area contributed by atoms with Crippen molar-refractivity contribution in [3.8, 4) is 11.5 Å². The molecule has 0 N–H and O–H groups in total. The summed E-state index contributed by atoms with van der Waals surface area (Å²) >= 11 is 0. The van der Waals surface area contributed by atoms with Gasteiger partial charge in [0.25, 0.3) is 0 Å². The lowest BCUT2D eigenvalue weighted by Gasteiger charge is -2.43. The van der Waals surface area contributed by atoms with E-state index in [9.17, 15) is 26.3 Å². The Hall–Kier alpha value is -4.95. The minimum atomic E-state index is -4.93. The Labute approximate surface area is 266 Å². The van der Waals surface area contributed by atoms with Crippen molar-refractivity contribution in [1.82, 2.24) is 0 Å². The molecule has 47 heavy (non-hydrogen) atoms. The number of methoxy groups -OCH3 is 2. The highest BCUT2D eigenvalue weighted by Gasteiger charge is 2.49. The number of para-hydroxylation sites is 1. The van der Waals surface area contributed by atoms with Gasteiger partial charge in [0.2, 0.25) is 7.29 Å². The Morgan fingerprint density at radius 3 is 1.70 bits per heavy atom. The van der Waals surface area contributed by atoms with E-state index in [1.807, 2.05) is 0 Å². The van der Waals surface area contributed by atoms with Gasteiger partial charge in [0, 0.05) is 21.9 Å². The molecule has 5 aromatic rings. The maximum Gasteiger partial charge on any atom is 0.417 e. The minimum absolute atomic E-state index is 0.108. The largest absolute Gasteiger partial charge is 0.497 e. The molecule has 0 saturated carbocycles. The van der Waals surface area contributed by atoms with Crippen LogP contribution >= 0.6 is 7.29 Å². The van der Waals surface area contributed by atoms with Gasteiger partial charge in [0.15, 0.2) is 0 Å². The normalized spacial score (nSPS) is 16.6. The van der Waals surface area contributed by atoms with Gasteiger partial charge in [0.1, 0.15) is 11.5 Å². The zero-order chi connectivity index (χ0) is 33.6. The Morgan fingerprint density at radius 2 is 1.15 bits per heavy atom. The topological polar surface area (TPSA) is 38.8 Å². The molecule has 0 fully saturated rings. The fourth-order valence-electron chi connectivity index (χ4n) is 5.80. The average Bonchev–Trinajstić information content (AvgIpc) is 3.07. The number of rotatable bonds is 6. The summed E-state index contributed by atoms with van der Waals surface area (Å²) in [7, 11) is -1.75. The molecule has 4 nitrogen and oxygen atoms in total. The summed E-state index contributed by atoms with van der Waals surface area (Å²) in [6.45, 7) is 0. The number of nitrogens with zero attached hydrogens (tertiary/aromatic N) is 1. The molecule has 0 saturated heterocycles. The zero-order valence-electron chi connectivity index (χ0n) is 24.9. The van der Waals surface area contributed by atoms with Crippen LogP contribution in [0.5, 0.6) is 11.5 Å². The van der Waals surface area contributed by atoms with Crippen LogP contribution in [0.15, 0.2) is 121 Å². The van der Waals surface area contributed by atoms with Crippen LogP contribution in [-0.2, 0) is 16.9 Å². The van der Waals surface area contributed by atoms with Crippen LogP contribution in [-0.4, -0.2) is 14.2 Å². The molecule has 11 heteroatoms. The number of hydrogen-bond acceptors (Lipinski definition) is 3. The number of benzene rings is 5. The Balaban J connectivity index is 1.85. The molecule has 0 bridgehead atoms. The number of fused-ring (bicyclic) bond motifs is 1. The first-order valence-electron chi connectivity index (χ1n) is 14.3. The number of halogens is 6. The molecular formula is C36H26F6NO3P. The first-order chi connectivity index (χ1) is 22.4. The highest BCUT2D eigenvalue weighted by atomic mass is 31.2. The van der Waals surface area contributed by atoms with Crippen molar-refractivity contribution < 1.29 is 40.4 Å². The highest BCUT2D eigenvalue weighted by Crippen LogP contribution is 2.61. The predicted molar refractivity (Wildman–Crippen MR) is 171 cm³/mol. The van der Waals surface area contributed by atoms with Crippen LogP contribution in [0.2, 0.25) is 0 Å². The molecule has 0 spiro atoms. The monoisotopic (exact) mass is 665 g/mol. The molecule has 1 atom stereocenters. The molecule has 1 aliphatic heterocycles. The first-order valence-corrected chi connectivity index (χ1v) is 15.9. The van der Waals surface area contributed by atoms with Crippen LogP contribution in [0.3, 0.4) is 0 Å². The van der Waals surface area contributed by atoms with Crippen LogP contribution in [0, 0.1) is 0 Å². The third-order valence-corrected chi connectivity index (χ3v) is 11.0. The van der Waals surface area contributed by atoms with Gasteiger partial charge in [-0.15, -0.1) is 0 Å². The Bertz CT molecular complexity index is 2000. The van der Waals surface area contributed by atoms with Crippen LogP contribution in [0.4, 0.5) is 32.0 Å². The van der Waals surface area contributed by atoms with Crippen molar-refractivity contribution in [2.75, 3.05) is 18.9 Å². The second-order valence-electron chi connectivity index (χ2n) is 10.6. The fraction of sp³-hybridized carbons (Fsp3) is 0.111. The van der Waals surface area contributed by atoms with Gasteiger partial charge < -0.3 is 9.47 Å². The molecule has 0 aromatic heterocycles. The molecular weight excluding hydrogens is 639 g/mol. The molecule has 0 aliphatic carbocycles. The van der Waals surface area contributed by atoms with Crippen molar-refractivity contribution in [3.05, 3.63) is 149 Å². The maximum atomic E-state index is 16.1. The lowest BCUT2D eigenvalue weighted by molar-refractivity contribution is -0.138. The molecule has 5 aromatic carbocycles. The third kappa shape index (κ3) is 5.67. The summed E-state index contributed by atoms with van der Waals surface area (Å²) in [5.41, 5.74) is -0.840. The van der Waals surface area contributed by atoms with E-state index in [2.05, 4.69) is 0 Å². The van der Waals surface area contributed by atoms with Crippen molar-refractivity contribution in [3.63, 3.8) is 0 Å². The SMILES string of the molecule is COc1ccc(C2=C(c3ccc(OC)cc3)N(c3ccccc3)P(=O)(c3ccccc3C(F)(F)F)c3ccc(C(F)(F)F)cc32)cc1. The Morgan fingerprint density at radius 1 is 0.596 bits per heavy atom. The summed E-state index contributed by atoms with van der Waals surface area (Å²) in [6, 6.07) is 28.4. The van der Waals surface area contributed by atoms with E-state index in [0.29, 0.717) is 22.6 Å². The molecule has 240 valence electrons. The van der Waals surface area contributed by atoms with E-state index in [1.165, 1.54) is 31.0 Å². The minimum Gasteiger partial charge on any atom is -0.497 e. The first kappa shape index (κ1) is 32.0. The lowest BCUT2D eigenvalue weighted by atomic mass is 9.91. The van der Waals surface area contributed by atoms with E-state index in [1.54, 1.807) is 78.9 Å². The van der Waals surface area contributed by atoms with Crippen LogP contribution < -0.4 is 24.8 Å². The number of hydrogen-bond donors (Lipinski definition) is 0. The third-order valence-electron chi connectivity index (χ3n) is 7.93. The van der Waals surface area contributed by atoms with E-state index in [-0.39, 0.29) is 27.8 Å². The fourth-order valence-corrected chi connectivity index (χ4v) is 9.04. The lowest BCUT2D eigenvalue weighted by Crippen LogP contribution is -2.39. The van der Waals surface area contributed by atoms with Gasteiger partial charge in [0.05, 0.1) is 31.0 Å². The average molecular weight is 666 g/mol. The molecule has 1 unspecified atom stereocenters. The zero-order valence-corrected chi connectivity index (χ0v) is 25.8. The molecule has 1 aliphatic rings. The molecule has 6 rings (SSSR count). The van der Waals surface area contributed by atoms with Crippen molar-refractivity contribution >= 4 is 34.9 Å². The number of alkyl halides is 6. The van der Waals surface area contributed by atoms with Gasteiger partial charge in [-0.2, -0.15) is 26.3 Å². The quantitative estimate of drug-likeness (QED) is 0.134. The second-order valence-corrected chi connectivity index (χ2v) is 13.2. The van der Waals surface area contributed by atoms with Crippen LogP contribution in [0.25, 0.3) is 11.3 Å². The van der Waals surface area contributed by atoms with Crippen molar-refractivity contribution in [2.24, 2.45) is 0 Å². The summed E-state index contributed by atoms with van der Waals surface area (Å²) < 4.78 is 115. The van der Waals surface area contributed by atoms with Gasteiger partial charge in [-0.1, -0.05) is 42.5 Å². The van der Waals surface area contributed by atoms with Gasteiger partial charge in [-0.05, 0) is 95.6 Å².